The average molecular weight is 250 g/mol. The molecule has 18 heavy (non-hydrogen) atoms. The highest BCUT2D eigenvalue weighted by atomic mass is 19.1. The number of carbonyl (C=O) groups is 1. The topological polar surface area (TPSA) is 35.5 Å². The predicted octanol–water partition coefficient (Wildman–Crippen LogP) is 2.59. The standard InChI is InChI=1S/C14H15FO3/c15-10-3-4-11-12(16)7-13(18-14(11)6-10)9-2-1-5-17-8-9/h3-4,6,9,13H,1-2,5,7-8H2. The largest absolute Gasteiger partial charge is 0.489 e. The van der Waals surface area contributed by atoms with Crippen LogP contribution >= 0.6 is 0 Å². The minimum Gasteiger partial charge on any atom is -0.489 e. The molecule has 2 aliphatic heterocycles. The van der Waals surface area contributed by atoms with Gasteiger partial charge in [-0.05, 0) is 25.0 Å². The molecule has 0 amide bonds. The molecule has 3 rings (SSSR count). The van der Waals surface area contributed by atoms with E-state index < -0.39 is 0 Å². The van der Waals surface area contributed by atoms with E-state index in [0.717, 1.165) is 19.4 Å². The summed E-state index contributed by atoms with van der Waals surface area (Å²) in [6, 6.07) is 4.09. The van der Waals surface area contributed by atoms with Crippen molar-refractivity contribution in [3.8, 4) is 5.75 Å². The molecular formula is C14H15FO3. The molecule has 0 saturated carbocycles. The first kappa shape index (κ1) is 11.7. The van der Waals surface area contributed by atoms with Crippen LogP contribution < -0.4 is 4.74 Å². The summed E-state index contributed by atoms with van der Waals surface area (Å²) in [7, 11) is 0. The minimum absolute atomic E-state index is 0.0341. The molecule has 96 valence electrons. The highest BCUT2D eigenvalue weighted by molar-refractivity contribution is 5.99. The van der Waals surface area contributed by atoms with E-state index in [1.807, 2.05) is 0 Å². The van der Waals surface area contributed by atoms with E-state index in [-0.39, 0.29) is 23.6 Å². The molecule has 0 aromatic heterocycles. The van der Waals surface area contributed by atoms with Crippen LogP contribution in [0.1, 0.15) is 29.6 Å². The third kappa shape index (κ3) is 2.12. The lowest BCUT2D eigenvalue weighted by Crippen LogP contribution is -2.38. The van der Waals surface area contributed by atoms with Crippen LogP contribution in [0.5, 0.6) is 5.75 Å². The summed E-state index contributed by atoms with van der Waals surface area (Å²) in [5.74, 6) is 0.273. The Labute approximate surface area is 105 Å². The summed E-state index contributed by atoms with van der Waals surface area (Å²) in [6.45, 7) is 1.41. The maximum atomic E-state index is 13.2. The first-order valence-electron chi connectivity index (χ1n) is 6.31. The van der Waals surface area contributed by atoms with Crippen molar-refractivity contribution in [2.75, 3.05) is 13.2 Å². The van der Waals surface area contributed by atoms with E-state index in [1.165, 1.54) is 18.2 Å². The highest BCUT2D eigenvalue weighted by Gasteiger charge is 2.33. The van der Waals surface area contributed by atoms with Crippen molar-refractivity contribution in [2.45, 2.75) is 25.4 Å². The van der Waals surface area contributed by atoms with Gasteiger partial charge in [0.05, 0.1) is 12.2 Å². The van der Waals surface area contributed by atoms with Crippen LogP contribution in [0, 0.1) is 11.7 Å². The summed E-state index contributed by atoms with van der Waals surface area (Å²) in [6.07, 6.45) is 2.19. The molecule has 3 nitrogen and oxygen atoms in total. The molecule has 0 N–H and O–H groups in total. The van der Waals surface area contributed by atoms with Crippen LogP contribution in [0.15, 0.2) is 18.2 Å². The molecule has 0 spiro atoms. The predicted molar refractivity (Wildman–Crippen MR) is 63.3 cm³/mol. The normalized spacial score (nSPS) is 27.5. The van der Waals surface area contributed by atoms with Crippen molar-refractivity contribution in [3.05, 3.63) is 29.6 Å². The average Bonchev–Trinajstić information content (AvgIpc) is 2.39. The fraction of sp³-hybridized carbons (Fsp3) is 0.500. The van der Waals surface area contributed by atoms with E-state index in [1.54, 1.807) is 0 Å². The Bertz CT molecular complexity index is 466. The van der Waals surface area contributed by atoms with Gasteiger partial charge >= 0.3 is 0 Å². The van der Waals surface area contributed by atoms with Crippen LogP contribution in [0.25, 0.3) is 0 Å². The number of rotatable bonds is 1. The zero-order chi connectivity index (χ0) is 12.5. The third-order valence-electron chi connectivity index (χ3n) is 3.63. The Morgan fingerprint density at radius 3 is 3.00 bits per heavy atom. The number of carbonyl (C=O) groups excluding carboxylic acids is 1. The smallest absolute Gasteiger partial charge is 0.170 e. The second-order valence-corrected chi connectivity index (χ2v) is 4.90. The van der Waals surface area contributed by atoms with Gasteiger partial charge in [0.1, 0.15) is 17.7 Å². The second kappa shape index (κ2) is 4.69. The zero-order valence-electron chi connectivity index (χ0n) is 10.0. The van der Waals surface area contributed by atoms with E-state index >= 15 is 0 Å². The van der Waals surface area contributed by atoms with Gasteiger partial charge in [0.25, 0.3) is 0 Å². The number of ketones is 1. The number of ether oxygens (including phenoxy) is 2. The van der Waals surface area contributed by atoms with Crippen molar-refractivity contribution in [1.82, 2.24) is 0 Å². The molecule has 2 aliphatic rings. The fourth-order valence-corrected chi connectivity index (χ4v) is 2.64. The molecule has 0 bridgehead atoms. The Morgan fingerprint density at radius 2 is 2.22 bits per heavy atom. The van der Waals surface area contributed by atoms with Crippen molar-refractivity contribution in [1.29, 1.82) is 0 Å². The van der Waals surface area contributed by atoms with Gasteiger partial charge in [-0.25, -0.2) is 4.39 Å². The lowest BCUT2D eigenvalue weighted by atomic mass is 9.89. The quantitative estimate of drug-likeness (QED) is 0.768. The Morgan fingerprint density at radius 1 is 1.33 bits per heavy atom. The van der Waals surface area contributed by atoms with Crippen LogP contribution in [0.3, 0.4) is 0 Å². The van der Waals surface area contributed by atoms with Gasteiger partial charge in [0.15, 0.2) is 5.78 Å². The molecule has 0 radical (unpaired) electrons. The fourth-order valence-electron chi connectivity index (χ4n) is 2.64. The summed E-state index contributed by atoms with van der Waals surface area (Å²) >= 11 is 0. The third-order valence-corrected chi connectivity index (χ3v) is 3.63. The SMILES string of the molecule is O=C1CC(C2CCCOC2)Oc2cc(F)ccc21. The van der Waals surface area contributed by atoms with Crippen molar-refractivity contribution < 1.29 is 18.7 Å². The number of fused-ring (bicyclic) bond motifs is 1. The van der Waals surface area contributed by atoms with Gasteiger partial charge < -0.3 is 9.47 Å². The maximum absolute atomic E-state index is 13.2. The van der Waals surface area contributed by atoms with Gasteiger partial charge in [-0.2, -0.15) is 0 Å². The Balaban J connectivity index is 1.83. The summed E-state index contributed by atoms with van der Waals surface area (Å²) in [5.41, 5.74) is 0.490. The van der Waals surface area contributed by atoms with E-state index in [9.17, 15) is 9.18 Å². The molecule has 1 saturated heterocycles. The van der Waals surface area contributed by atoms with Crippen molar-refractivity contribution in [2.24, 2.45) is 5.92 Å². The van der Waals surface area contributed by atoms with E-state index in [2.05, 4.69) is 0 Å². The van der Waals surface area contributed by atoms with Crippen LogP contribution in [-0.2, 0) is 4.74 Å². The zero-order valence-corrected chi connectivity index (χ0v) is 10.0. The Hall–Kier alpha value is -1.42. The molecular weight excluding hydrogens is 235 g/mol. The first-order chi connectivity index (χ1) is 8.74. The molecule has 2 unspecified atom stereocenters. The highest BCUT2D eigenvalue weighted by Crippen LogP contribution is 2.33. The minimum atomic E-state index is -0.373. The molecule has 4 heteroatoms. The molecule has 1 aromatic carbocycles. The number of halogens is 1. The van der Waals surface area contributed by atoms with E-state index in [4.69, 9.17) is 9.47 Å². The maximum Gasteiger partial charge on any atom is 0.170 e. The Kier molecular flexibility index (Phi) is 3.04. The van der Waals surface area contributed by atoms with Crippen molar-refractivity contribution >= 4 is 5.78 Å². The lowest BCUT2D eigenvalue weighted by molar-refractivity contribution is -0.00372. The van der Waals surface area contributed by atoms with E-state index in [0.29, 0.717) is 24.3 Å². The van der Waals surface area contributed by atoms with Crippen LogP contribution in [0.4, 0.5) is 4.39 Å². The number of benzene rings is 1. The van der Waals surface area contributed by atoms with Crippen LogP contribution in [-0.4, -0.2) is 25.1 Å². The van der Waals surface area contributed by atoms with Gasteiger partial charge in [0.2, 0.25) is 0 Å². The number of Topliss-reactive ketones (excluding diaryl/α,β-unsaturated/α-hetero) is 1. The van der Waals surface area contributed by atoms with Gasteiger partial charge in [0, 0.05) is 25.0 Å². The van der Waals surface area contributed by atoms with Crippen LogP contribution in [0.2, 0.25) is 0 Å². The summed E-state index contributed by atoms with van der Waals surface area (Å²) < 4.78 is 24.4. The van der Waals surface area contributed by atoms with Gasteiger partial charge in [-0.3, -0.25) is 4.79 Å². The monoisotopic (exact) mass is 250 g/mol. The van der Waals surface area contributed by atoms with Gasteiger partial charge in [-0.15, -0.1) is 0 Å². The number of hydrogen-bond acceptors (Lipinski definition) is 3. The molecule has 2 atom stereocenters. The van der Waals surface area contributed by atoms with Crippen molar-refractivity contribution in [3.63, 3.8) is 0 Å². The van der Waals surface area contributed by atoms with Gasteiger partial charge in [-0.1, -0.05) is 0 Å². The summed E-state index contributed by atoms with van der Waals surface area (Å²) in [4.78, 5) is 12.0. The molecule has 2 heterocycles. The second-order valence-electron chi connectivity index (χ2n) is 4.90. The molecule has 0 aliphatic carbocycles. The molecule has 1 fully saturated rings. The number of hydrogen-bond donors (Lipinski definition) is 0. The lowest BCUT2D eigenvalue weighted by Gasteiger charge is -2.33. The first-order valence-corrected chi connectivity index (χ1v) is 6.31. The molecule has 1 aromatic rings. The summed E-state index contributed by atoms with van der Waals surface area (Å²) in [5, 5.41) is 0.